The van der Waals surface area contributed by atoms with Gasteiger partial charge in [-0.3, -0.25) is 5.10 Å². The first-order chi connectivity index (χ1) is 13.1. The van der Waals surface area contributed by atoms with Gasteiger partial charge >= 0.3 is 5.97 Å². The van der Waals surface area contributed by atoms with Gasteiger partial charge in [-0.1, -0.05) is 29.8 Å². The number of fused-ring (bicyclic) bond motifs is 1. The van der Waals surface area contributed by atoms with Gasteiger partial charge in [0, 0.05) is 16.7 Å². The molecule has 2 aromatic carbocycles. The maximum atomic E-state index is 13.8. The smallest absolute Gasteiger partial charge is 0.356 e. The van der Waals surface area contributed by atoms with Gasteiger partial charge in [-0.15, -0.1) is 0 Å². The summed E-state index contributed by atoms with van der Waals surface area (Å²) in [5.41, 5.74) is 3.95. The molecule has 0 spiro atoms. The van der Waals surface area contributed by atoms with Crippen LogP contribution in [0.3, 0.4) is 0 Å². The lowest BCUT2D eigenvalue weighted by atomic mass is 10.1. The Morgan fingerprint density at radius 1 is 1.26 bits per heavy atom. The molecule has 138 valence electrons. The zero-order valence-corrected chi connectivity index (χ0v) is 14.6. The quantitative estimate of drug-likeness (QED) is 0.710. The van der Waals surface area contributed by atoms with Crippen LogP contribution in [0, 0.1) is 12.7 Å². The Kier molecular flexibility index (Phi) is 4.60. The number of nitrogens with zero attached hydrogens (tertiary/aromatic N) is 1. The van der Waals surface area contributed by atoms with E-state index in [4.69, 9.17) is 14.2 Å². The standard InChI is InChI=1S/C20H17FN2O4/c1-12-2-4-13(5-3-12)17-8-18(23-22-17)20(24)26-10-15-7-16(21)6-14-9-25-11-27-19(14)15/h2-8H,9-11H2,1H3,(H,22,23). The van der Waals surface area contributed by atoms with Gasteiger partial charge < -0.3 is 14.2 Å². The van der Waals surface area contributed by atoms with Crippen molar-refractivity contribution in [2.75, 3.05) is 6.79 Å². The van der Waals surface area contributed by atoms with Crippen LogP contribution in [0.5, 0.6) is 5.75 Å². The second-order valence-corrected chi connectivity index (χ2v) is 6.27. The molecule has 27 heavy (non-hydrogen) atoms. The number of aryl methyl sites for hydroxylation is 1. The van der Waals surface area contributed by atoms with Gasteiger partial charge in [-0.25, -0.2) is 9.18 Å². The number of carbonyl (C=O) groups excluding carboxylic acids is 1. The van der Waals surface area contributed by atoms with Crippen molar-refractivity contribution in [1.29, 1.82) is 0 Å². The normalized spacial score (nSPS) is 13.0. The van der Waals surface area contributed by atoms with E-state index in [0.29, 0.717) is 22.6 Å². The molecule has 1 aromatic heterocycles. The zero-order chi connectivity index (χ0) is 18.8. The third-order valence-electron chi connectivity index (χ3n) is 4.26. The van der Waals surface area contributed by atoms with Crippen LogP contribution >= 0.6 is 0 Å². The van der Waals surface area contributed by atoms with E-state index in [-0.39, 0.29) is 25.7 Å². The summed E-state index contributed by atoms with van der Waals surface area (Å²) in [5, 5.41) is 6.83. The molecule has 0 bridgehead atoms. The van der Waals surface area contributed by atoms with Crippen molar-refractivity contribution in [3.8, 4) is 17.0 Å². The van der Waals surface area contributed by atoms with Crippen molar-refractivity contribution in [3.63, 3.8) is 0 Å². The van der Waals surface area contributed by atoms with Crippen LogP contribution in [0.4, 0.5) is 4.39 Å². The number of hydrogen-bond acceptors (Lipinski definition) is 5. The van der Waals surface area contributed by atoms with Gasteiger partial charge in [-0.05, 0) is 25.1 Å². The molecule has 0 aliphatic carbocycles. The topological polar surface area (TPSA) is 73.4 Å². The van der Waals surface area contributed by atoms with E-state index in [9.17, 15) is 9.18 Å². The molecule has 0 unspecified atom stereocenters. The highest BCUT2D eigenvalue weighted by atomic mass is 19.1. The fraction of sp³-hybridized carbons (Fsp3) is 0.200. The van der Waals surface area contributed by atoms with Crippen molar-refractivity contribution >= 4 is 5.97 Å². The van der Waals surface area contributed by atoms with Gasteiger partial charge in [0.2, 0.25) is 0 Å². The molecule has 0 amide bonds. The lowest BCUT2D eigenvalue weighted by Crippen LogP contribution is -2.15. The average molecular weight is 368 g/mol. The molecule has 7 heteroatoms. The summed E-state index contributed by atoms with van der Waals surface area (Å²) in [6, 6.07) is 12.1. The molecule has 6 nitrogen and oxygen atoms in total. The number of aromatic nitrogens is 2. The van der Waals surface area contributed by atoms with Gasteiger partial charge in [0.05, 0.1) is 12.3 Å². The summed E-state index contributed by atoms with van der Waals surface area (Å²) < 4.78 is 29.6. The molecule has 1 N–H and O–H groups in total. The number of rotatable bonds is 4. The molecule has 0 atom stereocenters. The molecule has 1 aliphatic rings. The predicted octanol–water partition coefficient (Wildman–Crippen LogP) is 3.75. The number of ether oxygens (including phenoxy) is 3. The first-order valence-corrected chi connectivity index (χ1v) is 8.41. The third-order valence-corrected chi connectivity index (χ3v) is 4.26. The van der Waals surface area contributed by atoms with Crippen LogP contribution < -0.4 is 4.74 Å². The average Bonchev–Trinajstić information content (AvgIpc) is 3.16. The summed E-state index contributed by atoms with van der Waals surface area (Å²) in [6.07, 6.45) is 0. The van der Waals surface area contributed by atoms with Crippen LogP contribution in [0.2, 0.25) is 0 Å². The number of carbonyl (C=O) groups is 1. The highest BCUT2D eigenvalue weighted by Gasteiger charge is 2.19. The van der Waals surface area contributed by atoms with Crippen LogP contribution in [0.15, 0.2) is 42.5 Å². The SMILES string of the molecule is Cc1ccc(-c2cc(C(=O)OCc3cc(F)cc4c3OCOC4)[nH]n2)cc1. The van der Waals surface area contributed by atoms with Gasteiger partial charge in [0.1, 0.15) is 23.9 Å². The fourth-order valence-electron chi connectivity index (χ4n) is 2.88. The van der Waals surface area contributed by atoms with E-state index in [1.807, 2.05) is 31.2 Å². The number of esters is 1. The molecule has 2 heterocycles. The Balaban J connectivity index is 1.48. The highest BCUT2D eigenvalue weighted by molar-refractivity contribution is 5.88. The lowest BCUT2D eigenvalue weighted by molar-refractivity contribution is -0.0183. The molecule has 0 saturated heterocycles. The number of H-pyrrole nitrogens is 1. The van der Waals surface area contributed by atoms with Gasteiger partial charge in [0.15, 0.2) is 6.79 Å². The first-order valence-electron chi connectivity index (χ1n) is 8.41. The minimum Gasteiger partial charge on any atom is -0.467 e. The molecular formula is C20H17FN2O4. The van der Waals surface area contributed by atoms with Crippen molar-refractivity contribution in [2.45, 2.75) is 20.1 Å². The van der Waals surface area contributed by atoms with E-state index in [1.165, 1.54) is 12.1 Å². The number of aromatic amines is 1. The van der Waals surface area contributed by atoms with E-state index in [0.717, 1.165) is 11.1 Å². The van der Waals surface area contributed by atoms with E-state index >= 15 is 0 Å². The lowest BCUT2D eigenvalue weighted by Gasteiger charge is -2.20. The summed E-state index contributed by atoms with van der Waals surface area (Å²) in [4.78, 5) is 12.3. The Bertz CT molecular complexity index is 982. The summed E-state index contributed by atoms with van der Waals surface area (Å²) in [6.45, 7) is 2.23. The van der Waals surface area contributed by atoms with E-state index in [1.54, 1.807) is 6.07 Å². The van der Waals surface area contributed by atoms with E-state index in [2.05, 4.69) is 10.2 Å². The van der Waals surface area contributed by atoms with Crippen molar-refractivity contribution in [2.24, 2.45) is 0 Å². The maximum Gasteiger partial charge on any atom is 0.356 e. The molecule has 0 radical (unpaired) electrons. The second kappa shape index (κ2) is 7.20. The minimum atomic E-state index is -0.578. The van der Waals surface area contributed by atoms with Crippen molar-refractivity contribution in [1.82, 2.24) is 10.2 Å². The monoisotopic (exact) mass is 368 g/mol. The Labute approximate surface area is 154 Å². The summed E-state index contributed by atoms with van der Waals surface area (Å²) in [7, 11) is 0. The van der Waals surface area contributed by atoms with Crippen LogP contribution in [0.25, 0.3) is 11.3 Å². The number of nitrogens with one attached hydrogen (secondary N) is 1. The third kappa shape index (κ3) is 3.68. The first kappa shape index (κ1) is 17.2. The zero-order valence-electron chi connectivity index (χ0n) is 14.6. The van der Waals surface area contributed by atoms with Crippen molar-refractivity contribution in [3.05, 3.63) is 70.7 Å². The van der Waals surface area contributed by atoms with Gasteiger partial charge in [0.25, 0.3) is 0 Å². The van der Waals surface area contributed by atoms with Crippen LogP contribution in [0.1, 0.15) is 27.2 Å². The molecule has 0 fully saturated rings. The largest absolute Gasteiger partial charge is 0.467 e. The Morgan fingerprint density at radius 3 is 2.89 bits per heavy atom. The number of halogens is 1. The highest BCUT2D eigenvalue weighted by Crippen LogP contribution is 2.30. The molecular weight excluding hydrogens is 351 g/mol. The summed E-state index contributed by atoms with van der Waals surface area (Å²) in [5.74, 6) is -0.511. The maximum absolute atomic E-state index is 13.8. The second-order valence-electron chi connectivity index (χ2n) is 6.27. The summed E-state index contributed by atoms with van der Waals surface area (Å²) >= 11 is 0. The molecule has 4 rings (SSSR count). The van der Waals surface area contributed by atoms with Crippen LogP contribution in [-0.2, 0) is 22.7 Å². The molecule has 0 saturated carbocycles. The van der Waals surface area contributed by atoms with E-state index < -0.39 is 11.8 Å². The number of hydrogen-bond donors (Lipinski definition) is 1. The predicted molar refractivity (Wildman–Crippen MR) is 94.6 cm³/mol. The number of benzene rings is 2. The minimum absolute atomic E-state index is 0.0834. The van der Waals surface area contributed by atoms with Crippen LogP contribution in [-0.4, -0.2) is 23.0 Å². The fourth-order valence-corrected chi connectivity index (χ4v) is 2.88. The molecule has 3 aromatic rings. The molecule has 1 aliphatic heterocycles. The Morgan fingerprint density at radius 2 is 2.07 bits per heavy atom. The van der Waals surface area contributed by atoms with Gasteiger partial charge in [-0.2, -0.15) is 5.10 Å². The van der Waals surface area contributed by atoms with Crippen molar-refractivity contribution < 1.29 is 23.4 Å². The Hall–Kier alpha value is -3.19.